The quantitative estimate of drug-likeness (QED) is 0.769. The van der Waals surface area contributed by atoms with Crippen molar-refractivity contribution in [2.24, 2.45) is 5.92 Å². The zero-order valence-electron chi connectivity index (χ0n) is 11.8. The Kier molecular flexibility index (Phi) is 4.42. The minimum atomic E-state index is -3.03. The van der Waals surface area contributed by atoms with E-state index < -0.39 is 15.8 Å². The zero-order valence-corrected chi connectivity index (χ0v) is 12.6. The van der Waals surface area contributed by atoms with Crippen molar-refractivity contribution in [2.75, 3.05) is 18.6 Å². The van der Waals surface area contributed by atoms with E-state index in [0.29, 0.717) is 13.0 Å². The molecule has 1 aliphatic rings. The summed E-state index contributed by atoms with van der Waals surface area (Å²) in [7, 11) is -1.35. The van der Waals surface area contributed by atoms with E-state index >= 15 is 0 Å². The highest BCUT2D eigenvalue weighted by Gasteiger charge is 2.34. The predicted octanol–water partition coefficient (Wildman–Crippen LogP) is 0.0812. The standard InChI is InChI=1S/C12H20N4O3S/c1-3-5-16-9-13-14-11(16)7-15(2)12(17)10-4-6-20(18,19)8-10/h9-10H,3-8H2,1-2H3. The molecule has 2 heterocycles. The normalized spacial score (nSPS) is 21.0. The zero-order chi connectivity index (χ0) is 14.8. The SMILES string of the molecule is CCCn1cnnc1CN(C)C(=O)C1CCS(=O)(=O)C1. The topological polar surface area (TPSA) is 85.2 Å². The number of carbonyl (C=O) groups excluding carboxylic acids is 1. The number of aryl methyl sites for hydroxylation is 1. The maximum atomic E-state index is 12.2. The number of amides is 1. The van der Waals surface area contributed by atoms with E-state index in [2.05, 4.69) is 17.1 Å². The number of hydrogen-bond donors (Lipinski definition) is 0. The first-order valence-electron chi connectivity index (χ1n) is 6.75. The maximum Gasteiger partial charge on any atom is 0.226 e. The van der Waals surface area contributed by atoms with Crippen LogP contribution in [0, 0.1) is 5.92 Å². The highest BCUT2D eigenvalue weighted by molar-refractivity contribution is 7.91. The Morgan fingerprint density at radius 1 is 1.55 bits per heavy atom. The largest absolute Gasteiger partial charge is 0.338 e. The van der Waals surface area contributed by atoms with E-state index in [9.17, 15) is 13.2 Å². The molecule has 1 atom stereocenters. The van der Waals surface area contributed by atoms with E-state index in [1.807, 2.05) is 4.57 Å². The Morgan fingerprint density at radius 3 is 2.90 bits per heavy atom. The van der Waals surface area contributed by atoms with Crippen LogP contribution >= 0.6 is 0 Å². The summed E-state index contributed by atoms with van der Waals surface area (Å²) in [6, 6.07) is 0. The average Bonchev–Trinajstić information content (AvgIpc) is 2.96. The third-order valence-electron chi connectivity index (χ3n) is 3.50. The molecule has 0 spiro atoms. The lowest BCUT2D eigenvalue weighted by Gasteiger charge is -2.20. The molecular formula is C12H20N4O3S. The van der Waals surface area contributed by atoms with Gasteiger partial charge in [0.2, 0.25) is 5.91 Å². The second-order valence-electron chi connectivity index (χ2n) is 5.23. The number of nitrogens with zero attached hydrogens (tertiary/aromatic N) is 4. The molecule has 8 heteroatoms. The summed E-state index contributed by atoms with van der Waals surface area (Å²) in [4.78, 5) is 13.8. The van der Waals surface area contributed by atoms with Gasteiger partial charge in [-0.05, 0) is 12.8 Å². The summed E-state index contributed by atoms with van der Waals surface area (Å²) in [6.45, 7) is 3.22. The first-order valence-corrected chi connectivity index (χ1v) is 8.57. The van der Waals surface area contributed by atoms with E-state index in [-0.39, 0.29) is 17.4 Å². The fourth-order valence-corrected chi connectivity index (χ4v) is 4.15. The van der Waals surface area contributed by atoms with Crippen LogP contribution in [-0.2, 0) is 27.7 Å². The van der Waals surface area contributed by atoms with E-state index in [1.54, 1.807) is 18.3 Å². The number of hydrogen-bond acceptors (Lipinski definition) is 5. The number of rotatable bonds is 5. The minimum Gasteiger partial charge on any atom is -0.338 e. The van der Waals surface area contributed by atoms with Crippen molar-refractivity contribution >= 4 is 15.7 Å². The van der Waals surface area contributed by atoms with Crippen molar-refractivity contribution < 1.29 is 13.2 Å². The third-order valence-corrected chi connectivity index (χ3v) is 5.26. The van der Waals surface area contributed by atoms with Crippen LogP contribution in [0.3, 0.4) is 0 Å². The van der Waals surface area contributed by atoms with Crippen molar-refractivity contribution in [2.45, 2.75) is 32.9 Å². The van der Waals surface area contributed by atoms with Gasteiger partial charge in [-0.3, -0.25) is 4.79 Å². The molecule has 1 saturated heterocycles. The number of aromatic nitrogens is 3. The fourth-order valence-electron chi connectivity index (χ4n) is 2.42. The minimum absolute atomic E-state index is 0.0299. The molecule has 0 radical (unpaired) electrons. The lowest BCUT2D eigenvalue weighted by molar-refractivity contribution is -0.134. The van der Waals surface area contributed by atoms with Gasteiger partial charge in [-0.25, -0.2) is 8.42 Å². The van der Waals surface area contributed by atoms with Crippen LogP contribution in [-0.4, -0.2) is 52.5 Å². The van der Waals surface area contributed by atoms with Gasteiger partial charge in [0.15, 0.2) is 15.7 Å². The van der Waals surface area contributed by atoms with Gasteiger partial charge in [-0.15, -0.1) is 10.2 Å². The lowest BCUT2D eigenvalue weighted by atomic mass is 10.1. The van der Waals surface area contributed by atoms with Gasteiger partial charge in [0, 0.05) is 13.6 Å². The average molecular weight is 300 g/mol. The van der Waals surface area contributed by atoms with E-state index in [1.165, 1.54) is 0 Å². The molecule has 20 heavy (non-hydrogen) atoms. The smallest absolute Gasteiger partial charge is 0.226 e. The molecule has 2 rings (SSSR count). The van der Waals surface area contributed by atoms with Crippen molar-refractivity contribution in [1.82, 2.24) is 19.7 Å². The molecule has 1 aromatic heterocycles. The predicted molar refractivity (Wildman–Crippen MR) is 73.5 cm³/mol. The van der Waals surface area contributed by atoms with Gasteiger partial charge < -0.3 is 9.47 Å². The van der Waals surface area contributed by atoms with Crippen LogP contribution in [0.25, 0.3) is 0 Å². The van der Waals surface area contributed by atoms with Crippen molar-refractivity contribution in [3.05, 3.63) is 12.2 Å². The van der Waals surface area contributed by atoms with Gasteiger partial charge >= 0.3 is 0 Å². The molecular weight excluding hydrogens is 280 g/mol. The molecule has 0 N–H and O–H groups in total. The van der Waals surface area contributed by atoms with E-state index in [0.717, 1.165) is 18.8 Å². The second-order valence-corrected chi connectivity index (χ2v) is 7.46. The molecule has 1 unspecified atom stereocenters. The van der Waals surface area contributed by atoms with Gasteiger partial charge in [0.25, 0.3) is 0 Å². The second kappa shape index (κ2) is 5.90. The summed E-state index contributed by atoms with van der Waals surface area (Å²) < 4.78 is 24.8. The van der Waals surface area contributed by atoms with Crippen LogP contribution in [0.5, 0.6) is 0 Å². The van der Waals surface area contributed by atoms with Crippen LogP contribution in [0.2, 0.25) is 0 Å². The first-order chi connectivity index (χ1) is 9.43. The van der Waals surface area contributed by atoms with Crippen LogP contribution in [0.15, 0.2) is 6.33 Å². The Labute approximate surface area is 118 Å². The van der Waals surface area contributed by atoms with Crippen molar-refractivity contribution in [1.29, 1.82) is 0 Å². The Morgan fingerprint density at radius 2 is 2.30 bits per heavy atom. The molecule has 0 aliphatic carbocycles. The highest BCUT2D eigenvalue weighted by atomic mass is 32.2. The Balaban J connectivity index is 1.99. The first kappa shape index (κ1) is 15.0. The molecule has 1 fully saturated rings. The van der Waals surface area contributed by atoms with Gasteiger partial charge in [-0.1, -0.05) is 6.92 Å². The molecule has 7 nitrogen and oxygen atoms in total. The third kappa shape index (κ3) is 3.36. The Bertz CT molecular complexity index is 581. The summed E-state index contributed by atoms with van der Waals surface area (Å²) in [5.41, 5.74) is 0. The highest BCUT2D eigenvalue weighted by Crippen LogP contribution is 2.20. The molecule has 0 aromatic carbocycles. The molecule has 0 bridgehead atoms. The van der Waals surface area contributed by atoms with Crippen LogP contribution in [0.1, 0.15) is 25.6 Å². The Hall–Kier alpha value is -1.44. The van der Waals surface area contributed by atoms with Crippen LogP contribution in [0.4, 0.5) is 0 Å². The summed E-state index contributed by atoms with van der Waals surface area (Å²) in [6.07, 6.45) is 3.04. The molecule has 1 amide bonds. The van der Waals surface area contributed by atoms with Gasteiger partial charge in [0.05, 0.1) is 24.0 Å². The molecule has 1 aromatic rings. The monoisotopic (exact) mass is 300 g/mol. The summed E-state index contributed by atoms with van der Waals surface area (Å²) in [5, 5.41) is 7.87. The summed E-state index contributed by atoms with van der Waals surface area (Å²) >= 11 is 0. The van der Waals surface area contributed by atoms with Gasteiger partial charge in [-0.2, -0.15) is 0 Å². The lowest BCUT2D eigenvalue weighted by Crippen LogP contribution is -2.34. The fraction of sp³-hybridized carbons (Fsp3) is 0.750. The maximum absolute atomic E-state index is 12.2. The van der Waals surface area contributed by atoms with Crippen molar-refractivity contribution in [3.8, 4) is 0 Å². The van der Waals surface area contributed by atoms with Gasteiger partial charge in [0.1, 0.15) is 6.33 Å². The van der Waals surface area contributed by atoms with E-state index in [4.69, 9.17) is 0 Å². The van der Waals surface area contributed by atoms with Crippen LogP contribution < -0.4 is 0 Å². The molecule has 0 saturated carbocycles. The number of sulfone groups is 1. The molecule has 1 aliphatic heterocycles. The number of carbonyl (C=O) groups is 1. The molecule has 112 valence electrons. The summed E-state index contributed by atoms with van der Waals surface area (Å²) in [5.74, 6) is 0.273. The van der Waals surface area contributed by atoms with Crippen molar-refractivity contribution in [3.63, 3.8) is 0 Å².